The molecule has 0 aromatic carbocycles. The van der Waals surface area contributed by atoms with Crippen molar-refractivity contribution >= 4 is 31.4 Å². The van der Waals surface area contributed by atoms with E-state index in [-0.39, 0.29) is 6.04 Å². The molecule has 0 spiro atoms. The smallest absolute Gasteiger partial charge is 0.250 e. The second-order valence-electron chi connectivity index (χ2n) is 3.75. The summed E-state index contributed by atoms with van der Waals surface area (Å²) in [6.45, 7) is 3.60. The molecule has 1 N–H and O–H groups in total. The van der Waals surface area contributed by atoms with E-state index in [9.17, 15) is 8.42 Å². The summed E-state index contributed by atoms with van der Waals surface area (Å²) in [5.74, 6) is 0. The number of pyridine rings is 1. The highest BCUT2D eigenvalue weighted by molar-refractivity contribution is 7.91. The van der Waals surface area contributed by atoms with Crippen LogP contribution in [-0.4, -0.2) is 19.4 Å². The van der Waals surface area contributed by atoms with Gasteiger partial charge in [0, 0.05) is 18.4 Å². The zero-order chi connectivity index (χ0) is 11.8. The molecule has 0 aliphatic rings. The first-order chi connectivity index (χ1) is 7.49. The van der Waals surface area contributed by atoms with Crippen molar-refractivity contribution in [2.24, 2.45) is 0 Å². The van der Waals surface area contributed by atoms with Crippen molar-refractivity contribution in [3.63, 3.8) is 0 Å². The van der Waals surface area contributed by atoms with E-state index in [1.807, 2.05) is 0 Å². The van der Waals surface area contributed by atoms with Gasteiger partial charge in [0.2, 0.25) is 10.0 Å². The summed E-state index contributed by atoms with van der Waals surface area (Å²) in [5.41, 5.74) is 0. The lowest BCUT2D eigenvalue weighted by Crippen LogP contribution is -2.29. The van der Waals surface area contributed by atoms with Gasteiger partial charge in [-0.15, -0.1) is 11.3 Å². The first kappa shape index (κ1) is 11.5. The van der Waals surface area contributed by atoms with E-state index in [2.05, 4.69) is 9.71 Å². The lowest BCUT2D eigenvalue weighted by atomic mass is 10.3. The van der Waals surface area contributed by atoms with E-state index in [4.69, 9.17) is 0 Å². The topological polar surface area (TPSA) is 59.1 Å². The van der Waals surface area contributed by atoms with Gasteiger partial charge in [-0.05, 0) is 31.4 Å². The fourth-order valence-corrected chi connectivity index (χ4v) is 3.99. The quantitative estimate of drug-likeness (QED) is 0.913. The Morgan fingerprint density at radius 2 is 2.19 bits per heavy atom. The summed E-state index contributed by atoms with van der Waals surface area (Å²) in [5, 5.41) is 0.907. The Morgan fingerprint density at radius 3 is 2.81 bits per heavy atom. The first-order valence-corrected chi connectivity index (χ1v) is 7.15. The van der Waals surface area contributed by atoms with Crippen LogP contribution in [0.15, 0.2) is 28.7 Å². The number of thiophene rings is 1. The third-order valence-corrected chi connectivity index (χ3v) is 5.17. The van der Waals surface area contributed by atoms with Gasteiger partial charge in [0.25, 0.3) is 0 Å². The second-order valence-corrected chi connectivity index (χ2v) is 6.78. The molecule has 86 valence electrons. The molecule has 2 aromatic rings. The van der Waals surface area contributed by atoms with Crippen molar-refractivity contribution in [3.8, 4) is 0 Å². The van der Waals surface area contributed by atoms with Gasteiger partial charge in [-0.25, -0.2) is 13.1 Å². The average Bonchev–Trinajstić information content (AvgIpc) is 2.59. The van der Waals surface area contributed by atoms with E-state index in [1.165, 1.54) is 11.3 Å². The van der Waals surface area contributed by atoms with Crippen molar-refractivity contribution in [2.45, 2.75) is 24.1 Å². The largest absolute Gasteiger partial charge is 0.263 e. The normalized spacial score (nSPS) is 12.4. The maximum atomic E-state index is 11.9. The Hall–Kier alpha value is -0.980. The summed E-state index contributed by atoms with van der Waals surface area (Å²) in [6.07, 6.45) is 3.33. The lowest BCUT2D eigenvalue weighted by Gasteiger charge is -2.06. The summed E-state index contributed by atoms with van der Waals surface area (Å²) < 4.78 is 27.6. The lowest BCUT2D eigenvalue weighted by molar-refractivity contribution is 0.572. The van der Waals surface area contributed by atoms with Crippen LogP contribution in [0.2, 0.25) is 0 Å². The van der Waals surface area contributed by atoms with Crippen LogP contribution in [-0.2, 0) is 10.0 Å². The molecule has 0 amide bonds. The molecule has 16 heavy (non-hydrogen) atoms. The van der Waals surface area contributed by atoms with Gasteiger partial charge in [-0.3, -0.25) is 4.98 Å². The molecular formula is C10H12N2O2S2. The number of hydrogen-bond acceptors (Lipinski definition) is 4. The van der Waals surface area contributed by atoms with Crippen molar-refractivity contribution in [3.05, 3.63) is 24.5 Å². The number of sulfonamides is 1. The van der Waals surface area contributed by atoms with E-state index >= 15 is 0 Å². The van der Waals surface area contributed by atoms with E-state index in [0.29, 0.717) is 4.21 Å². The molecule has 6 heteroatoms. The molecular weight excluding hydrogens is 244 g/mol. The molecule has 4 nitrogen and oxygen atoms in total. The van der Waals surface area contributed by atoms with Gasteiger partial charge in [-0.2, -0.15) is 0 Å². The number of nitrogens with one attached hydrogen (secondary N) is 1. The maximum absolute atomic E-state index is 11.9. The molecule has 0 radical (unpaired) electrons. The Kier molecular flexibility index (Phi) is 2.96. The van der Waals surface area contributed by atoms with Crippen LogP contribution in [0.25, 0.3) is 10.1 Å². The molecule has 0 bridgehead atoms. The average molecular weight is 256 g/mol. The number of fused-ring (bicyclic) bond motifs is 1. The summed E-state index contributed by atoms with van der Waals surface area (Å²) in [7, 11) is -3.38. The molecule has 2 rings (SSSR count). The second kappa shape index (κ2) is 4.12. The van der Waals surface area contributed by atoms with Gasteiger partial charge in [0.15, 0.2) is 0 Å². The standard InChI is InChI=1S/C10H12N2O2S2/c1-7(2)12-16(13,14)10-5-8-3-4-11-6-9(8)15-10/h3-7,12H,1-2H3. The molecule has 0 saturated heterocycles. The van der Waals surface area contributed by atoms with E-state index < -0.39 is 10.0 Å². The van der Waals surface area contributed by atoms with Gasteiger partial charge < -0.3 is 0 Å². The zero-order valence-electron chi connectivity index (χ0n) is 8.97. The molecule has 0 aliphatic heterocycles. The Bertz CT molecular complexity index is 569. The monoisotopic (exact) mass is 256 g/mol. The van der Waals surface area contributed by atoms with Crippen molar-refractivity contribution in [1.82, 2.24) is 9.71 Å². The first-order valence-electron chi connectivity index (χ1n) is 4.85. The predicted octanol–water partition coefficient (Wildman–Crippen LogP) is 1.98. The van der Waals surface area contributed by atoms with Crippen LogP contribution < -0.4 is 4.72 Å². The fourth-order valence-electron chi connectivity index (χ4n) is 1.36. The SMILES string of the molecule is CC(C)NS(=O)(=O)c1cc2ccncc2s1. The Labute approximate surface area is 98.4 Å². The fraction of sp³-hybridized carbons (Fsp3) is 0.300. The number of nitrogens with zero attached hydrogens (tertiary/aromatic N) is 1. The Balaban J connectivity index is 2.48. The molecule has 0 saturated carbocycles. The van der Waals surface area contributed by atoms with Gasteiger partial charge in [0.05, 0.1) is 4.70 Å². The van der Waals surface area contributed by atoms with Crippen molar-refractivity contribution < 1.29 is 8.42 Å². The minimum atomic E-state index is -3.38. The minimum absolute atomic E-state index is 0.103. The molecule has 0 aliphatic carbocycles. The summed E-state index contributed by atoms with van der Waals surface area (Å²) in [6, 6.07) is 3.38. The van der Waals surface area contributed by atoms with Gasteiger partial charge >= 0.3 is 0 Å². The van der Waals surface area contributed by atoms with Crippen LogP contribution in [0, 0.1) is 0 Å². The molecule has 0 unspecified atom stereocenters. The minimum Gasteiger partial charge on any atom is -0.263 e. The third kappa shape index (κ3) is 2.23. The van der Waals surface area contributed by atoms with E-state index in [1.54, 1.807) is 38.4 Å². The molecule has 0 fully saturated rings. The van der Waals surface area contributed by atoms with Gasteiger partial charge in [-0.1, -0.05) is 0 Å². The summed E-state index contributed by atoms with van der Waals surface area (Å²) >= 11 is 1.23. The molecule has 2 aromatic heterocycles. The number of aromatic nitrogens is 1. The maximum Gasteiger partial charge on any atom is 0.250 e. The van der Waals surface area contributed by atoms with E-state index in [0.717, 1.165) is 10.1 Å². The van der Waals surface area contributed by atoms with Crippen molar-refractivity contribution in [2.75, 3.05) is 0 Å². The summed E-state index contributed by atoms with van der Waals surface area (Å²) in [4.78, 5) is 3.96. The third-order valence-electron chi connectivity index (χ3n) is 1.96. The molecule has 2 heterocycles. The van der Waals surface area contributed by atoms with Crippen LogP contribution in [0.4, 0.5) is 0 Å². The molecule has 0 atom stereocenters. The predicted molar refractivity (Wildman–Crippen MR) is 65.1 cm³/mol. The van der Waals surface area contributed by atoms with Crippen LogP contribution in [0.5, 0.6) is 0 Å². The zero-order valence-corrected chi connectivity index (χ0v) is 10.6. The Morgan fingerprint density at radius 1 is 1.44 bits per heavy atom. The number of rotatable bonds is 3. The van der Waals surface area contributed by atoms with Crippen molar-refractivity contribution in [1.29, 1.82) is 0 Å². The van der Waals surface area contributed by atoms with Gasteiger partial charge in [0.1, 0.15) is 4.21 Å². The highest BCUT2D eigenvalue weighted by atomic mass is 32.2. The van der Waals surface area contributed by atoms with Crippen LogP contribution in [0.3, 0.4) is 0 Å². The van der Waals surface area contributed by atoms with Crippen LogP contribution in [0.1, 0.15) is 13.8 Å². The van der Waals surface area contributed by atoms with Crippen LogP contribution >= 0.6 is 11.3 Å². The highest BCUT2D eigenvalue weighted by Gasteiger charge is 2.18. The highest BCUT2D eigenvalue weighted by Crippen LogP contribution is 2.27. The number of hydrogen-bond donors (Lipinski definition) is 1.